The van der Waals surface area contributed by atoms with Gasteiger partial charge in [0.25, 0.3) is 0 Å². The zero-order valence-electron chi connectivity index (χ0n) is 25.7. The summed E-state index contributed by atoms with van der Waals surface area (Å²) >= 11 is 6.57. The standard InChI is InChI=1S/C35H37ClO6.C2H6/c1-2-40-29-15-13-25(14-16-29)17-28-18-32(34(37)20-33(28)36)35(38)21-30(41-23-27-11-7-4-8-12-27)19-31(42-35)24-39-22-26-9-5-3-6-10-26;1-2/h3-16,18,20,30-31,37-38H,2,17,19,21-24H2,1H3;1-2H3. The molecule has 1 heterocycles. The average Bonchev–Trinajstić information content (AvgIpc) is 3.04. The molecule has 44 heavy (non-hydrogen) atoms. The molecule has 0 aromatic heterocycles. The number of aliphatic hydroxyl groups is 1. The van der Waals surface area contributed by atoms with E-state index in [2.05, 4.69) is 0 Å². The Labute approximate surface area is 266 Å². The van der Waals surface area contributed by atoms with E-state index in [1.54, 1.807) is 6.07 Å². The third-order valence-electron chi connectivity index (χ3n) is 7.35. The Bertz CT molecular complexity index is 1410. The van der Waals surface area contributed by atoms with Crippen LogP contribution in [0.5, 0.6) is 11.5 Å². The second-order valence-electron chi connectivity index (χ2n) is 10.6. The number of halogens is 1. The van der Waals surface area contributed by atoms with Gasteiger partial charge in [-0.15, -0.1) is 0 Å². The van der Waals surface area contributed by atoms with E-state index in [9.17, 15) is 10.2 Å². The molecule has 1 saturated heterocycles. The van der Waals surface area contributed by atoms with Gasteiger partial charge < -0.3 is 29.2 Å². The maximum absolute atomic E-state index is 12.0. The Morgan fingerprint density at radius 2 is 1.50 bits per heavy atom. The zero-order chi connectivity index (χ0) is 31.4. The number of phenols is 1. The van der Waals surface area contributed by atoms with Crippen molar-refractivity contribution in [3.05, 3.63) is 130 Å². The van der Waals surface area contributed by atoms with Crippen molar-refractivity contribution in [1.82, 2.24) is 0 Å². The maximum atomic E-state index is 12.0. The van der Waals surface area contributed by atoms with Gasteiger partial charge in [0.2, 0.25) is 0 Å². The summed E-state index contributed by atoms with van der Waals surface area (Å²) in [4.78, 5) is 0. The second-order valence-corrected chi connectivity index (χ2v) is 11.0. The SMILES string of the molecule is CC.CCOc1ccc(Cc2cc(C3(O)CC(OCc4ccccc4)CC(COCc4ccccc4)O3)c(O)cc2Cl)cc1. The van der Waals surface area contributed by atoms with Gasteiger partial charge in [-0.05, 0) is 59.9 Å². The predicted molar refractivity (Wildman–Crippen MR) is 174 cm³/mol. The van der Waals surface area contributed by atoms with Crippen LogP contribution in [-0.4, -0.2) is 35.6 Å². The van der Waals surface area contributed by atoms with Crippen LogP contribution in [0.2, 0.25) is 5.02 Å². The Hall–Kier alpha value is -3.39. The first kappa shape index (κ1) is 33.5. The smallest absolute Gasteiger partial charge is 0.198 e. The van der Waals surface area contributed by atoms with E-state index in [0.717, 1.165) is 28.0 Å². The Morgan fingerprint density at radius 3 is 2.14 bits per heavy atom. The van der Waals surface area contributed by atoms with Crippen molar-refractivity contribution in [3.8, 4) is 11.5 Å². The first-order chi connectivity index (χ1) is 21.4. The lowest BCUT2D eigenvalue weighted by molar-refractivity contribution is -0.294. The molecule has 6 nitrogen and oxygen atoms in total. The van der Waals surface area contributed by atoms with Gasteiger partial charge in [-0.1, -0.05) is 98.2 Å². The minimum atomic E-state index is -1.80. The van der Waals surface area contributed by atoms with Crippen molar-refractivity contribution in [2.24, 2.45) is 0 Å². The number of hydrogen-bond donors (Lipinski definition) is 2. The molecule has 0 aliphatic carbocycles. The van der Waals surface area contributed by atoms with Crippen LogP contribution >= 0.6 is 11.6 Å². The molecule has 1 aliphatic rings. The molecule has 0 saturated carbocycles. The second kappa shape index (κ2) is 16.6. The molecule has 0 spiro atoms. The largest absolute Gasteiger partial charge is 0.507 e. The van der Waals surface area contributed by atoms with Crippen molar-refractivity contribution in [1.29, 1.82) is 0 Å². The summed E-state index contributed by atoms with van der Waals surface area (Å²) in [5.74, 6) is -1.14. The molecule has 4 aromatic carbocycles. The molecule has 5 rings (SSSR count). The molecule has 3 atom stereocenters. The topological polar surface area (TPSA) is 77.4 Å². The Kier molecular flexibility index (Phi) is 12.7. The fraction of sp³-hybridized carbons (Fsp3) is 0.351. The van der Waals surface area contributed by atoms with Gasteiger partial charge in [0.1, 0.15) is 11.5 Å². The summed E-state index contributed by atoms with van der Waals surface area (Å²) in [6.07, 6.45) is 0.396. The molecule has 234 valence electrons. The van der Waals surface area contributed by atoms with E-state index in [4.69, 9.17) is 30.5 Å². The van der Waals surface area contributed by atoms with Gasteiger partial charge in [-0.2, -0.15) is 0 Å². The molecule has 0 bridgehead atoms. The Morgan fingerprint density at radius 1 is 0.864 bits per heavy atom. The molecule has 0 amide bonds. The van der Waals surface area contributed by atoms with Crippen LogP contribution in [0.3, 0.4) is 0 Å². The highest BCUT2D eigenvalue weighted by Crippen LogP contribution is 2.43. The first-order valence-corrected chi connectivity index (χ1v) is 15.7. The lowest BCUT2D eigenvalue weighted by Gasteiger charge is -2.41. The number of benzene rings is 4. The summed E-state index contributed by atoms with van der Waals surface area (Å²) in [5, 5.41) is 23.4. The number of hydrogen-bond acceptors (Lipinski definition) is 6. The average molecular weight is 619 g/mol. The van der Waals surface area contributed by atoms with Gasteiger partial charge in [-0.3, -0.25) is 0 Å². The quantitative estimate of drug-likeness (QED) is 0.167. The molecule has 4 aromatic rings. The van der Waals surface area contributed by atoms with E-state index in [1.807, 2.05) is 106 Å². The molecular formula is C37H43ClO6. The highest BCUT2D eigenvalue weighted by Gasteiger charge is 2.44. The van der Waals surface area contributed by atoms with Crippen molar-refractivity contribution in [2.45, 2.75) is 71.2 Å². The molecular weight excluding hydrogens is 576 g/mol. The lowest BCUT2D eigenvalue weighted by Crippen LogP contribution is -2.46. The maximum Gasteiger partial charge on any atom is 0.198 e. The van der Waals surface area contributed by atoms with E-state index in [-0.39, 0.29) is 30.4 Å². The highest BCUT2D eigenvalue weighted by atomic mass is 35.5. The van der Waals surface area contributed by atoms with Crippen LogP contribution in [0.15, 0.2) is 97.1 Å². The third kappa shape index (κ3) is 9.31. The monoisotopic (exact) mass is 618 g/mol. The van der Waals surface area contributed by atoms with Crippen molar-refractivity contribution in [2.75, 3.05) is 13.2 Å². The van der Waals surface area contributed by atoms with E-state index in [0.29, 0.717) is 37.7 Å². The van der Waals surface area contributed by atoms with Crippen molar-refractivity contribution in [3.63, 3.8) is 0 Å². The van der Waals surface area contributed by atoms with Gasteiger partial charge in [0.05, 0.1) is 44.2 Å². The van der Waals surface area contributed by atoms with Crippen LogP contribution in [0.25, 0.3) is 0 Å². The summed E-state index contributed by atoms with van der Waals surface area (Å²) in [7, 11) is 0. The number of phenolic OH excluding ortho intramolecular Hbond substituents is 1. The summed E-state index contributed by atoms with van der Waals surface area (Å²) in [6, 6.07) is 30.8. The van der Waals surface area contributed by atoms with Gasteiger partial charge >= 0.3 is 0 Å². The van der Waals surface area contributed by atoms with E-state index in [1.165, 1.54) is 6.07 Å². The van der Waals surface area contributed by atoms with Crippen LogP contribution in [0.4, 0.5) is 0 Å². The first-order valence-electron chi connectivity index (χ1n) is 15.3. The van der Waals surface area contributed by atoms with Crippen molar-refractivity contribution >= 4 is 11.6 Å². The van der Waals surface area contributed by atoms with Crippen molar-refractivity contribution < 1.29 is 29.2 Å². The number of aromatic hydroxyl groups is 1. The van der Waals surface area contributed by atoms with Gasteiger partial charge in [-0.25, -0.2) is 0 Å². The van der Waals surface area contributed by atoms with E-state index < -0.39 is 11.9 Å². The molecule has 2 N–H and O–H groups in total. The number of rotatable bonds is 12. The fourth-order valence-electron chi connectivity index (χ4n) is 5.28. The third-order valence-corrected chi connectivity index (χ3v) is 7.70. The minimum Gasteiger partial charge on any atom is -0.507 e. The van der Waals surface area contributed by atoms with Crippen LogP contribution < -0.4 is 4.74 Å². The zero-order valence-corrected chi connectivity index (χ0v) is 26.5. The summed E-state index contributed by atoms with van der Waals surface area (Å²) in [6.45, 7) is 7.62. The van der Waals surface area contributed by atoms with E-state index >= 15 is 0 Å². The Balaban J connectivity index is 0.00000216. The molecule has 0 radical (unpaired) electrons. The van der Waals surface area contributed by atoms with Crippen LogP contribution in [0.1, 0.15) is 61.4 Å². The molecule has 1 fully saturated rings. The van der Waals surface area contributed by atoms with Gasteiger partial charge in [0, 0.05) is 17.9 Å². The lowest BCUT2D eigenvalue weighted by atomic mass is 9.90. The summed E-state index contributed by atoms with van der Waals surface area (Å²) in [5.41, 5.74) is 4.12. The van der Waals surface area contributed by atoms with Crippen LogP contribution in [0, 0.1) is 0 Å². The predicted octanol–water partition coefficient (Wildman–Crippen LogP) is 8.19. The molecule has 3 unspecified atom stereocenters. The highest BCUT2D eigenvalue weighted by molar-refractivity contribution is 6.31. The number of ether oxygens (including phenoxy) is 4. The fourth-order valence-corrected chi connectivity index (χ4v) is 5.50. The minimum absolute atomic E-state index is 0.134. The molecule has 1 aliphatic heterocycles. The van der Waals surface area contributed by atoms with Crippen LogP contribution in [-0.2, 0) is 39.6 Å². The molecule has 7 heteroatoms. The normalized spacial score (nSPS) is 19.6. The summed E-state index contributed by atoms with van der Waals surface area (Å²) < 4.78 is 24.1. The van der Waals surface area contributed by atoms with Gasteiger partial charge in [0.15, 0.2) is 5.79 Å².